The molecule has 0 heterocycles. The van der Waals surface area contributed by atoms with E-state index in [4.69, 9.17) is 4.74 Å². The first-order valence-electron chi connectivity index (χ1n) is 5.79. The number of rotatable bonds is 3. The Morgan fingerprint density at radius 2 is 1.89 bits per heavy atom. The zero-order valence-corrected chi connectivity index (χ0v) is 10.4. The van der Waals surface area contributed by atoms with Crippen LogP contribution in [0, 0.1) is 12.7 Å². The Morgan fingerprint density at radius 3 is 2.56 bits per heavy atom. The highest BCUT2D eigenvalue weighted by Crippen LogP contribution is 2.29. The van der Waals surface area contributed by atoms with E-state index in [0.29, 0.717) is 22.6 Å². The summed E-state index contributed by atoms with van der Waals surface area (Å²) in [6.07, 6.45) is -0.628. The quantitative estimate of drug-likeness (QED) is 0.887. The molecule has 94 valence electrons. The molecule has 2 aromatic rings. The molecule has 0 radical (unpaired) electrons. The summed E-state index contributed by atoms with van der Waals surface area (Å²) in [6, 6.07) is 11.9. The molecule has 0 bridgehead atoms. The normalized spacial score (nSPS) is 12.2. The van der Waals surface area contributed by atoms with Gasteiger partial charge in [0.05, 0.1) is 6.10 Å². The van der Waals surface area contributed by atoms with Crippen molar-refractivity contribution >= 4 is 0 Å². The molecule has 0 saturated carbocycles. The molecule has 2 nitrogen and oxygen atoms in total. The second-order valence-electron chi connectivity index (χ2n) is 4.23. The topological polar surface area (TPSA) is 29.5 Å². The first-order valence-corrected chi connectivity index (χ1v) is 5.79. The van der Waals surface area contributed by atoms with Gasteiger partial charge in [-0.3, -0.25) is 0 Å². The van der Waals surface area contributed by atoms with Crippen LogP contribution in [0.5, 0.6) is 11.5 Å². The van der Waals surface area contributed by atoms with Crippen LogP contribution in [0.15, 0.2) is 42.5 Å². The summed E-state index contributed by atoms with van der Waals surface area (Å²) in [5, 5.41) is 9.63. The highest BCUT2D eigenvalue weighted by Gasteiger charge is 2.09. The van der Waals surface area contributed by atoms with Gasteiger partial charge in [-0.15, -0.1) is 0 Å². The number of hydrogen-bond acceptors (Lipinski definition) is 2. The lowest BCUT2D eigenvalue weighted by molar-refractivity contribution is 0.195. The van der Waals surface area contributed by atoms with Crippen LogP contribution in [-0.4, -0.2) is 5.11 Å². The summed E-state index contributed by atoms with van der Waals surface area (Å²) in [7, 11) is 0. The minimum Gasteiger partial charge on any atom is -0.457 e. The summed E-state index contributed by atoms with van der Waals surface area (Å²) in [6.45, 7) is 3.36. The van der Waals surface area contributed by atoms with Crippen LogP contribution in [0.1, 0.15) is 24.2 Å². The second kappa shape index (κ2) is 5.19. The van der Waals surface area contributed by atoms with Gasteiger partial charge in [-0.05, 0) is 31.5 Å². The van der Waals surface area contributed by atoms with E-state index in [1.807, 2.05) is 12.1 Å². The van der Waals surface area contributed by atoms with Crippen molar-refractivity contribution in [3.8, 4) is 11.5 Å². The highest BCUT2D eigenvalue weighted by molar-refractivity contribution is 5.39. The van der Waals surface area contributed by atoms with Crippen LogP contribution in [-0.2, 0) is 0 Å². The third-order valence-electron chi connectivity index (χ3n) is 2.74. The van der Waals surface area contributed by atoms with Crippen LogP contribution in [0.4, 0.5) is 4.39 Å². The van der Waals surface area contributed by atoms with E-state index in [2.05, 4.69) is 0 Å². The van der Waals surface area contributed by atoms with Gasteiger partial charge in [0, 0.05) is 11.6 Å². The van der Waals surface area contributed by atoms with E-state index >= 15 is 0 Å². The van der Waals surface area contributed by atoms with Gasteiger partial charge in [0.2, 0.25) is 0 Å². The van der Waals surface area contributed by atoms with E-state index in [1.54, 1.807) is 38.1 Å². The smallest absolute Gasteiger partial charge is 0.133 e. The Balaban J connectivity index is 2.31. The number of aliphatic hydroxyl groups is 1. The SMILES string of the molecule is Cc1ccc(Oc2ccccc2[C@@H](C)O)cc1F. The molecule has 0 amide bonds. The number of benzene rings is 2. The van der Waals surface area contributed by atoms with Gasteiger partial charge in [0.1, 0.15) is 17.3 Å². The lowest BCUT2D eigenvalue weighted by Crippen LogP contribution is -1.96. The second-order valence-corrected chi connectivity index (χ2v) is 4.23. The first kappa shape index (κ1) is 12.6. The molecular weight excluding hydrogens is 231 g/mol. The maximum Gasteiger partial charge on any atom is 0.133 e. The predicted octanol–water partition coefficient (Wildman–Crippen LogP) is 3.98. The fraction of sp³-hybridized carbons (Fsp3) is 0.200. The van der Waals surface area contributed by atoms with Gasteiger partial charge in [-0.1, -0.05) is 24.3 Å². The van der Waals surface area contributed by atoms with Crippen LogP contribution in [0.25, 0.3) is 0 Å². The molecular formula is C15H15FO2. The number of ether oxygens (including phenoxy) is 1. The molecule has 18 heavy (non-hydrogen) atoms. The zero-order chi connectivity index (χ0) is 13.1. The molecule has 0 spiro atoms. The summed E-state index contributed by atoms with van der Waals surface area (Å²) >= 11 is 0. The lowest BCUT2D eigenvalue weighted by Gasteiger charge is -2.13. The highest BCUT2D eigenvalue weighted by atomic mass is 19.1. The van der Waals surface area contributed by atoms with Gasteiger partial charge < -0.3 is 9.84 Å². The Hall–Kier alpha value is -1.87. The largest absolute Gasteiger partial charge is 0.457 e. The van der Waals surface area contributed by atoms with Crippen molar-refractivity contribution in [3.63, 3.8) is 0 Å². The predicted molar refractivity (Wildman–Crippen MR) is 68.3 cm³/mol. The Bertz CT molecular complexity index is 550. The Morgan fingerprint density at radius 1 is 1.17 bits per heavy atom. The summed E-state index contributed by atoms with van der Waals surface area (Å²) in [4.78, 5) is 0. The summed E-state index contributed by atoms with van der Waals surface area (Å²) in [5.41, 5.74) is 1.25. The molecule has 0 aliphatic rings. The van der Waals surface area contributed by atoms with Gasteiger partial charge in [0.25, 0.3) is 0 Å². The molecule has 0 aliphatic carbocycles. The molecule has 0 fully saturated rings. The number of para-hydroxylation sites is 1. The minimum absolute atomic E-state index is 0.304. The van der Waals surface area contributed by atoms with Crippen molar-refractivity contribution in [3.05, 3.63) is 59.4 Å². The average molecular weight is 246 g/mol. The van der Waals surface area contributed by atoms with E-state index < -0.39 is 6.10 Å². The monoisotopic (exact) mass is 246 g/mol. The minimum atomic E-state index is -0.628. The van der Waals surface area contributed by atoms with Gasteiger partial charge in [-0.25, -0.2) is 4.39 Å². The summed E-state index contributed by atoms with van der Waals surface area (Å²) in [5.74, 6) is 0.656. The third kappa shape index (κ3) is 2.68. The molecule has 1 N–H and O–H groups in total. The van der Waals surface area contributed by atoms with Crippen molar-refractivity contribution in [2.45, 2.75) is 20.0 Å². The Kier molecular flexibility index (Phi) is 3.63. The van der Waals surface area contributed by atoms with Crippen molar-refractivity contribution in [1.29, 1.82) is 0 Å². The first-order chi connectivity index (χ1) is 8.58. The number of aliphatic hydroxyl groups excluding tert-OH is 1. The third-order valence-corrected chi connectivity index (χ3v) is 2.74. The average Bonchev–Trinajstić information content (AvgIpc) is 2.34. The zero-order valence-electron chi connectivity index (χ0n) is 10.4. The molecule has 1 atom stereocenters. The maximum atomic E-state index is 13.4. The standard InChI is InChI=1S/C15H15FO2/c1-10-7-8-12(9-14(10)16)18-15-6-4-3-5-13(15)11(2)17/h3-9,11,17H,1-2H3/t11-/m1/s1. The van der Waals surface area contributed by atoms with Gasteiger partial charge >= 0.3 is 0 Å². The van der Waals surface area contributed by atoms with Crippen LogP contribution in [0.3, 0.4) is 0 Å². The van der Waals surface area contributed by atoms with E-state index in [0.717, 1.165) is 0 Å². The number of halogens is 1. The molecule has 2 aromatic carbocycles. The van der Waals surface area contributed by atoms with Gasteiger partial charge in [-0.2, -0.15) is 0 Å². The molecule has 2 rings (SSSR count). The van der Waals surface area contributed by atoms with Crippen molar-refractivity contribution < 1.29 is 14.2 Å². The lowest BCUT2D eigenvalue weighted by atomic mass is 10.1. The van der Waals surface area contributed by atoms with E-state index in [-0.39, 0.29) is 5.82 Å². The molecule has 0 unspecified atom stereocenters. The number of hydrogen-bond donors (Lipinski definition) is 1. The van der Waals surface area contributed by atoms with Crippen molar-refractivity contribution in [2.75, 3.05) is 0 Å². The van der Waals surface area contributed by atoms with E-state index in [1.165, 1.54) is 6.07 Å². The van der Waals surface area contributed by atoms with Crippen molar-refractivity contribution in [2.24, 2.45) is 0 Å². The maximum absolute atomic E-state index is 13.4. The molecule has 0 aromatic heterocycles. The van der Waals surface area contributed by atoms with E-state index in [9.17, 15) is 9.50 Å². The summed E-state index contributed by atoms with van der Waals surface area (Å²) < 4.78 is 19.0. The van der Waals surface area contributed by atoms with Crippen LogP contribution < -0.4 is 4.74 Å². The molecule has 0 aliphatic heterocycles. The Labute approximate surface area is 106 Å². The molecule has 3 heteroatoms. The van der Waals surface area contributed by atoms with Crippen LogP contribution in [0.2, 0.25) is 0 Å². The fourth-order valence-corrected chi connectivity index (χ4v) is 1.68. The fourth-order valence-electron chi connectivity index (χ4n) is 1.68. The van der Waals surface area contributed by atoms with Crippen molar-refractivity contribution in [1.82, 2.24) is 0 Å². The van der Waals surface area contributed by atoms with Crippen LogP contribution >= 0.6 is 0 Å². The molecule has 0 saturated heterocycles. The van der Waals surface area contributed by atoms with Gasteiger partial charge in [0.15, 0.2) is 0 Å². The number of aryl methyl sites for hydroxylation is 1.